The molecule has 1 saturated heterocycles. The summed E-state index contributed by atoms with van der Waals surface area (Å²) in [5.74, 6) is 1.96. The van der Waals surface area contributed by atoms with Gasteiger partial charge in [-0.3, -0.25) is 4.79 Å². The second-order valence-electron chi connectivity index (χ2n) is 8.30. The van der Waals surface area contributed by atoms with Gasteiger partial charge >= 0.3 is 0 Å². The molecule has 2 fully saturated rings. The van der Waals surface area contributed by atoms with Crippen LogP contribution in [0, 0.1) is 0 Å². The first-order valence-electron chi connectivity index (χ1n) is 11.4. The van der Waals surface area contributed by atoms with Crippen LogP contribution in [0.3, 0.4) is 0 Å². The highest BCUT2D eigenvalue weighted by Gasteiger charge is 2.20. The first-order chi connectivity index (χ1) is 16.2. The summed E-state index contributed by atoms with van der Waals surface area (Å²) in [6.45, 7) is 3.32. The molecule has 3 aromatic heterocycles. The van der Waals surface area contributed by atoms with Gasteiger partial charge in [0.05, 0.1) is 23.6 Å². The van der Waals surface area contributed by atoms with Crippen LogP contribution >= 0.6 is 0 Å². The van der Waals surface area contributed by atoms with Crippen molar-refractivity contribution in [2.24, 2.45) is 0 Å². The standard InChI is InChI=1S/C24H27N7O2/c32-23(18-8-9-22(26-15-18)33-20-5-1-2-6-20)29-19-16-27-24(28-17-19)31-13-11-30(12-14-31)21-7-3-4-10-25-21/h3-4,7-10,15-17,20H,1-2,5-6,11-14H2,(H,29,32). The van der Waals surface area contributed by atoms with Gasteiger partial charge in [0.25, 0.3) is 5.91 Å². The first-order valence-corrected chi connectivity index (χ1v) is 11.4. The molecule has 9 heteroatoms. The molecule has 0 bridgehead atoms. The van der Waals surface area contributed by atoms with E-state index in [-0.39, 0.29) is 12.0 Å². The van der Waals surface area contributed by atoms with E-state index >= 15 is 0 Å². The van der Waals surface area contributed by atoms with Gasteiger partial charge in [-0.25, -0.2) is 19.9 Å². The van der Waals surface area contributed by atoms with Crippen molar-refractivity contribution in [1.82, 2.24) is 19.9 Å². The average Bonchev–Trinajstić information content (AvgIpc) is 3.39. The number of hydrogen-bond donors (Lipinski definition) is 1. The highest BCUT2D eigenvalue weighted by molar-refractivity contribution is 6.03. The molecule has 0 aromatic carbocycles. The lowest BCUT2D eigenvalue weighted by Gasteiger charge is -2.35. The predicted octanol–water partition coefficient (Wildman–Crippen LogP) is 3.17. The van der Waals surface area contributed by atoms with Crippen LogP contribution < -0.4 is 19.9 Å². The summed E-state index contributed by atoms with van der Waals surface area (Å²) >= 11 is 0. The monoisotopic (exact) mass is 445 g/mol. The van der Waals surface area contributed by atoms with Crippen LogP contribution in [-0.2, 0) is 0 Å². The number of amides is 1. The molecule has 3 aromatic rings. The minimum Gasteiger partial charge on any atom is -0.474 e. The van der Waals surface area contributed by atoms with Crippen molar-refractivity contribution in [2.45, 2.75) is 31.8 Å². The Labute approximate surface area is 192 Å². The molecule has 1 amide bonds. The van der Waals surface area contributed by atoms with Crippen molar-refractivity contribution in [2.75, 3.05) is 41.3 Å². The first kappa shape index (κ1) is 21.1. The van der Waals surface area contributed by atoms with Crippen LogP contribution in [-0.4, -0.2) is 58.1 Å². The molecule has 9 nitrogen and oxygen atoms in total. The number of nitrogens with one attached hydrogen (secondary N) is 1. The Balaban J connectivity index is 1.13. The third-order valence-electron chi connectivity index (χ3n) is 6.02. The van der Waals surface area contributed by atoms with Crippen LogP contribution in [0.2, 0.25) is 0 Å². The smallest absolute Gasteiger partial charge is 0.257 e. The second-order valence-corrected chi connectivity index (χ2v) is 8.30. The molecule has 1 aliphatic carbocycles. The van der Waals surface area contributed by atoms with Gasteiger partial charge in [0, 0.05) is 44.6 Å². The summed E-state index contributed by atoms with van der Waals surface area (Å²) < 4.78 is 5.86. The summed E-state index contributed by atoms with van der Waals surface area (Å²) in [4.78, 5) is 34.5. The molecule has 0 radical (unpaired) electrons. The number of piperazine rings is 1. The topological polar surface area (TPSA) is 96.4 Å². The zero-order valence-corrected chi connectivity index (χ0v) is 18.4. The SMILES string of the molecule is O=C(Nc1cnc(N2CCN(c3ccccn3)CC2)nc1)c1ccc(OC2CCCC2)nc1. The molecule has 0 atom stereocenters. The number of rotatable bonds is 6. The molecular weight excluding hydrogens is 418 g/mol. The van der Waals surface area contributed by atoms with E-state index in [9.17, 15) is 4.79 Å². The Morgan fingerprint density at radius 2 is 1.64 bits per heavy atom. The Morgan fingerprint density at radius 1 is 0.879 bits per heavy atom. The zero-order chi connectivity index (χ0) is 22.5. The Hall–Kier alpha value is -3.75. The minimum atomic E-state index is -0.254. The molecule has 1 N–H and O–H groups in total. The normalized spacial score (nSPS) is 16.6. The van der Waals surface area contributed by atoms with E-state index in [1.807, 2.05) is 24.4 Å². The van der Waals surface area contributed by atoms with Gasteiger partial charge in [0.15, 0.2) is 0 Å². The van der Waals surface area contributed by atoms with Gasteiger partial charge < -0.3 is 19.9 Å². The number of hydrogen-bond acceptors (Lipinski definition) is 8. The number of ether oxygens (including phenoxy) is 1. The van der Waals surface area contributed by atoms with Gasteiger partial charge in [0.1, 0.15) is 11.9 Å². The summed E-state index contributed by atoms with van der Waals surface area (Å²) in [5, 5.41) is 2.83. The fourth-order valence-corrected chi connectivity index (χ4v) is 4.19. The molecule has 0 spiro atoms. The number of nitrogens with zero attached hydrogens (tertiary/aromatic N) is 6. The zero-order valence-electron chi connectivity index (χ0n) is 18.4. The fourth-order valence-electron chi connectivity index (χ4n) is 4.19. The molecule has 2 aliphatic rings. The number of anilines is 3. The van der Waals surface area contributed by atoms with Gasteiger partial charge in [0.2, 0.25) is 11.8 Å². The molecule has 1 aliphatic heterocycles. The summed E-state index contributed by atoms with van der Waals surface area (Å²) in [6.07, 6.45) is 11.4. The summed E-state index contributed by atoms with van der Waals surface area (Å²) in [7, 11) is 0. The van der Waals surface area contributed by atoms with E-state index in [0.717, 1.165) is 44.8 Å². The van der Waals surface area contributed by atoms with Gasteiger partial charge in [-0.05, 0) is 43.9 Å². The lowest BCUT2D eigenvalue weighted by Crippen LogP contribution is -2.47. The maximum atomic E-state index is 12.6. The average molecular weight is 446 g/mol. The van der Waals surface area contributed by atoms with Crippen LogP contribution in [0.4, 0.5) is 17.5 Å². The van der Waals surface area contributed by atoms with Crippen molar-refractivity contribution in [3.8, 4) is 5.88 Å². The molecule has 1 saturated carbocycles. The maximum absolute atomic E-state index is 12.6. The highest BCUT2D eigenvalue weighted by atomic mass is 16.5. The number of aromatic nitrogens is 4. The predicted molar refractivity (Wildman–Crippen MR) is 126 cm³/mol. The van der Waals surface area contributed by atoms with E-state index in [4.69, 9.17) is 4.74 Å². The van der Waals surface area contributed by atoms with Crippen LogP contribution in [0.15, 0.2) is 55.1 Å². The lowest BCUT2D eigenvalue weighted by atomic mass is 10.2. The van der Waals surface area contributed by atoms with E-state index in [2.05, 4.69) is 35.1 Å². The van der Waals surface area contributed by atoms with E-state index in [1.54, 1.807) is 24.5 Å². The minimum absolute atomic E-state index is 0.242. The van der Waals surface area contributed by atoms with Crippen molar-refractivity contribution in [1.29, 1.82) is 0 Å². The molecular formula is C24H27N7O2. The van der Waals surface area contributed by atoms with Gasteiger partial charge in [-0.1, -0.05) is 6.07 Å². The summed E-state index contributed by atoms with van der Waals surface area (Å²) in [6, 6.07) is 9.42. The molecule has 0 unspecified atom stereocenters. The highest BCUT2D eigenvalue weighted by Crippen LogP contribution is 2.23. The van der Waals surface area contributed by atoms with Crippen molar-refractivity contribution in [3.63, 3.8) is 0 Å². The number of pyridine rings is 2. The fraction of sp³-hybridized carbons (Fsp3) is 0.375. The van der Waals surface area contributed by atoms with Crippen LogP contribution in [0.1, 0.15) is 36.0 Å². The number of carbonyl (C=O) groups excluding carboxylic acids is 1. The lowest BCUT2D eigenvalue weighted by molar-refractivity contribution is 0.102. The molecule has 5 rings (SSSR count). The molecule has 170 valence electrons. The van der Waals surface area contributed by atoms with Gasteiger partial charge in [-0.15, -0.1) is 0 Å². The third-order valence-corrected chi connectivity index (χ3v) is 6.02. The van der Waals surface area contributed by atoms with Crippen molar-refractivity contribution >= 4 is 23.4 Å². The van der Waals surface area contributed by atoms with E-state index in [0.29, 0.717) is 23.1 Å². The van der Waals surface area contributed by atoms with Crippen molar-refractivity contribution < 1.29 is 9.53 Å². The van der Waals surface area contributed by atoms with E-state index in [1.165, 1.54) is 19.0 Å². The largest absolute Gasteiger partial charge is 0.474 e. The van der Waals surface area contributed by atoms with E-state index < -0.39 is 0 Å². The summed E-state index contributed by atoms with van der Waals surface area (Å²) in [5.41, 5.74) is 1.01. The van der Waals surface area contributed by atoms with Crippen LogP contribution in [0.25, 0.3) is 0 Å². The number of carbonyl (C=O) groups is 1. The van der Waals surface area contributed by atoms with Gasteiger partial charge in [-0.2, -0.15) is 0 Å². The van der Waals surface area contributed by atoms with Crippen LogP contribution in [0.5, 0.6) is 5.88 Å². The second kappa shape index (κ2) is 9.81. The van der Waals surface area contributed by atoms with Crippen molar-refractivity contribution in [3.05, 3.63) is 60.7 Å². The molecule has 33 heavy (non-hydrogen) atoms. The Morgan fingerprint density at radius 3 is 2.30 bits per heavy atom. The maximum Gasteiger partial charge on any atom is 0.257 e. The molecule has 4 heterocycles. The Kier molecular flexibility index (Phi) is 6.27. The third kappa shape index (κ3) is 5.19. The Bertz CT molecular complexity index is 1050. The quantitative estimate of drug-likeness (QED) is 0.618.